The zero-order valence-electron chi connectivity index (χ0n) is 7.82. The molecule has 2 aromatic rings. The maximum Gasteiger partial charge on any atom is 0.136 e. The van der Waals surface area contributed by atoms with E-state index in [0.29, 0.717) is 5.15 Å². The van der Waals surface area contributed by atoms with Gasteiger partial charge in [-0.05, 0) is 29.3 Å². The third kappa shape index (κ3) is 2.36. The van der Waals surface area contributed by atoms with Crippen molar-refractivity contribution in [1.29, 1.82) is 0 Å². The van der Waals surface area contributed by atoms with Gasteiger partial charge in [-0.2, -0.15) is 0 Å². The van der Waals surface area contributed by atoms with Gasteiger partial charge in [0.1, 0.15) is 5.15 Å². The van der Waals surface area contributed by atoms with Crippen molar-refractivity contribution in [2.75, 3.05) is 0 Å². The van der Waals surface area contributed by atoms with Crippen LogP contribution in [0.25, 0.3) is 11.1 Å². The van der Waals surface area contributed by atoms with Gasteiger partial charge < -0.3 is 0 Å². The van der Waals surface area contributed by atoms with Gasteiger partial charge in [0.25, 0.3) is 0 Å². The van der Waals surface area contributed by atoms with Crippen LogP contribution in [-0.4, -0.2) is 9.97 Å². The summed E-state index contributed by atoms with van der Waals surface area (Å²) in [6, 6.07) is 5.86. The monoisotopic (exact) mass is 282 g/mol. The van der Waals surface area contributed by atoms with Gasteiger partial charge in [0.05, 0.1) is 0 Å². The summed E-state index contributed by atoms with van der Waals surface area (Å²) in [5.41, 5.74) is 3.08. The van der Waals surface area contributed by atoms with E-state index >= 15 is 0 Å². The Bertz CT molecular complexity index is 459. The van der Waals surface area contributed by atoms with E-state index < -0.39 is 0 Å². The summed E-state index contributed by atoms with van der Waals surface area (Å²) in [6.07, 6.45) is 5.25. The molecule has 0 N–H and O–H groups in total. The molecule has 0 atom stereocenters. The quantitative estimate of drug-likeness (QED) is 0.620. The first-order valence-electron chi connectivity index (χ1n) is 4.42. The number of aromatic nitrogens is 2. The molecule has 2 rings (SSSR count). The van der Waals surface area contributed by atoms with Crippen molar-refractivity contribution < 1.29 is 0 Å². The number of alkyl halides is 1. The fourth-order valence-corrected chi connectivity index (χ4v) is 1.82. The lowest BCUT2D eigenvalue weighted by atomic mass is 10.1. The molecule has 0 amide bonds. The summed E-state index contributed by atoms with van der Waals surface area (Å²) in [5, 5.41) is 1.29. The molecular formula is C11H8BrClN2. The summed E-state index contributed by atoms with van der Waals surface area (Å²) >= 11 is 9.43. The smallest absolute Gasteiger partial charge is 0.136 e. The Hall–Kier alpha value is -0.930. The predicted molar refractivity (Wildman–Crippen MR) is 65.1 cm³/mol. The molecule has 0 radical (unpaired) electrons. The number of pyridine rings is 2. The highest BCUT2D eigenvalue weighted by atomic mass is 79.9. The molecular weight excluding hydrogens is 275 g/mol. The van der Waals surface area contributed by atoms with Crippen molar-refractivity contribution in [3.8, 4) is 11.1 Å². The highest BCUT2D eigenvalue weighted by Crippen LogP contribution is 2.26. The number of halogens is 2. The van der Waals surface area contributed by atoms with Crippen molar-refractivity contribution in [3.05, 3.63) is 47.5 Å². The van der Waals surface area contributed by atoms with Gasteiger partial charge in [0.15, 0.2) is 0 Å². The second kappa shape index (κ2) is 4.73. The standard InChI is InChI=1S/C11H8BrClN2/c12-6-8-5-10(11(13)15-7-8)9-1-3-14-4-2-9/h1-5,7H,6H2. The van der Waals surface area contributed by atoms with Crippen LogP contribution in [-0.2, 0) is 5.33 Å². The Morgan fingerprint density at radius 3 is 2.67 bits per heavy atom. The number of hydrogen-bond donors (Lipinski definition) is 0. The van der Waals surface area contributed by atoms with Crippen molar-refractivity contribution in [1.82, 2.24) is 9.97 Å². The van der Waals surface area contributed by atoms with Gasteiger partial charge in [-0.1, -0.05) is 27.5 Å². The van der Waals surface area contributed by atoms with Crippen LogP contribution in [0.1, 0.15) is 5.56 Å². The van der Waals surface area contributed by atoms with Gasteiger partial charge in [-0.3, -0.25) is 4.98 Å². The number of rotatable bonds is 2. The Morgan fingerprint density at radius 2 is 2.00 bits per heavy atom. The molecule has 0 unspecified atom stereocenters. The molecule has 0 bridgehead atoms. The maximum atomic E-state index is 6.04. The van der Waals surface area contributed by atoms with Crippen LogP contribution >= 0.6 is 27.5 Å². The van der Waals surface area contributed by atoms with Crippen LogP contribution in [0.3, 0.4) is 0 Å². The van der Waals surface area contributed by atoms with Gasteiger partial charge >= 0.3 is 0 Å². The predicted octanol–water partition coefficient (Wildman–Crippen LogP) is 3.69. The fraction of sp³-hybridized carbons (Fsp3) is 0.0909. The molecule has 0 aliphatic heterocycles. The van der Waals surface area contributed by atoms with Crippen molar-refractivity contribution in [2.45, 2.75) is 5.33 Å². The van der Waals surface area contributed by atoms with Crippen LogP contribution in [0.15, 0.2) is 36.8 Å². The largest absolute Gasteiger partial charge is 0.265 e. The van der Waals surface area contributed by atoms with E-state index in [0.717, 1.165) is 22.0 Å². The summed E-state index contributed by atoms with van der Waals surface area (Å²) in [7, 11) is 0. The van der Waals surface area contributed by atoms with Crippen LogP contribution in [0, 0.1) is 0 Å². The molecule has 76 valence electrons. The molecule has 4 heteroatoms. The molecule has 0 aliphatic rings. The van der Waals surface area contributed by atoms with E-state index in [-0.39, 0.29) is 0 Å². The summed E-state index contributed by atoms with van der Waals surface area (Å²) in [6.45, 7) is 0. The van der Waals surface area contributed by atoms with E-state index in [2.05, 4.69) is 25.9 Å². The lowest BCUT2D eigenvalue weighted by Gasteiger charge is -2.04. The Kier molecular flexibility index (Phi) is 3.34. The molecule has 0 aliphatic carbocycles. The third-order valence-corrected chi connectivity index (χ3v) is 2.99. The topological polar surface area (TPSA) is 25.8 Å². The zero-order chi connectivity index (χ0) is 10.7. The van der Waals surface area contributed by atoms with E-state index in [1.54, 1.807) is 18.6 Å². The van der Waals surface area contributed by atoms with Gasteiger partial charge in [-0.15, -0.1) is 0 Å². The molecule has 0 fully saturated rings. The van der Waals surface area contributed by atoms with Gasteiger partial charge in [0, 0.05) is 29.5 Å². The first kappa shape index (κ1) is 10.6. The molecule has 0 saturated carbocycles. The highest BCUT2D eigenvalue weighted by molar-refractivity contribution is 9.08. The van der Waals surface area contributed by atoms with Crippen molar-refractivity contribution in [2.24, 2.45) is 0 Å². The summed E-state index contributed by atoms with van der Waals surface area (Å²) in [4.78, 5) is 8.11. The van der Waals surface area contributed by atoms with E-state index in [1.807, 2.05) is 18.2 Å². The van der Waals surface area contributed by atoms with Crippen LogP contribution in [0.4, 0.5) is 0 Å². The molecule has 2 heterocycles. The lowest BCUT2D eigenvalue weighted by Crippen LogP contribution is -1.87. The van der Waals surface area contributed by atoms with Crippen LogP contribution in [0.5, 0.6) is 0 Å². The Morgan fingerprint density at radius 1 is 1.27 bits per heavy atom. The van der Waals surface area contributed by atoms with E-state index in [9.17, 15) is 0 Å². The highest BCUT2D eigenvalue weighted by Gasteiger charge is 2.05. The first-order chi connectivity index (χ1) is 7.31. The minimum absolute atomic E-state index is 0.519. The lowest BCUT2D eigenvalue weighted by molar-refractivity contribution is 1.25. The number of nitrogens with zero attached hydrogens (tertiary/aromatic N) is 2. The summed E-state index contributed by atoms with van der Waals surface area (Å²) < 4.78 is 0. The Balaban J connectivity index is 2.52. The van der Waals surface area contributed by atoms with Gasteiger partial charge in [-0.25, -0.2) is 4.98 Å². The second-order valence-electron chi connectivity index (χ2n) is 3.05. The molecule has 2 aromatic heterocycles. The zero-order valence-corrected chi connectivity index (χ0v) is 10.2. The third-order valence-electron chi connectivity index (χ3n) is 2.04. The Labute approximate surface area is 101 Å². The minimum atomic E-state index is 0.519. The first-order valence-corrected chi connectivity index (χ1v) is 5.92. The van der Waals surface area contributed by atoms with E-state index in [4.69, 9.17) is 11.6 Å². The molecule has 15 heavy (non-hydrogen) atoms. The van der Waals surface area contributed by atoms with Crippen molar-refractivity contribution >= 4 is 27.5 Å². The average molecular weight is 284 g/mol. The minimum Gasteiger partial charge on any atom is -0.265 e. The fourth-order valence-electron chi connectivity index (χ4n) is 1.30. The molecule has 0 aromatic carbocycles. The van der Waals surface area contributed by atoms with Gasteiger partial charge in [0.2, 0.25) is 0 Å². The van der Waals surface area contributed by atoms with E-state index in [1.165, 1.54) is 0 Å². The molecule has 2 nitrogen and oxygen atoms in total. The van der Waals surface area contributed by atoms with Crippen LogP contribution in [0.2, 0.25) is 5.15 Å². The van der Waals surface area contributed by atoms with Crippen LogP contribution < -0.4 is 0 Å². The second-order valence-corrected chi connectivity index (χ2v) is 3.97. The number of hydrogen-bond acceptors (Lipinski definition) is 2. The van der Waals surface area contributed by atoms with Crippen molar-refractivity contribution in [3.63, 3.8) is 0 Å². The molecule has 0 spiro atoms. The normalized spacial score (nSPS) is 10.3. The average Bonchev–Trinajstić information content (AvgIpc) is 2.31. The SMILES string of the molecule is Clc1ncc(CBr)cc1-c1ccncc1. The molecule has 0 saturated heterocycles. The summed E-state index contributed by atoms with van der Waals surface area (Å²) in [5.74, 6) is 0. The maximum absolute atomic E-state index is 6.04.